The SMILES string of the molecule is CCNCC(=Cc1ccnn1CC)C(C)C. The molecule has 0 aliphatic rings. The van der Waals surface area contributed by atoms with E-state index in [1.54, 1.807) is 0 Å². The van der Waals surface area contributed by atoms with E-state index in [1.807, 2.05) is 10.9 Å². The molecule has 0 aliphatic carbocycles. The summed E-state index contributed by atoms with van der Waals surface area (Å²) >= 11 is 0. The quantitative estimate of drug-likeness (QED) is 0.800. The Morgan fingerprint density at radius 2 is 2.25 bits per heavy atom. The van der Waals surface area contributed by atoms with Gasteiger partial charge in [0.1, 0.15) is 0 Å². The van der Waals surface area contributed by atoms with Crippen molar-refractivity contribution < 1.29 is 0 Å². The Morgan fingerprint density at radius 3 is 2.81 bits per heavy atom. The summed E-state index contributed by atoms with van der Waals surface area (Å²) in [5.74, 6) is 0.569. The first kappa shape index (κ1) is 13.0. The average molecular weight is 221 g/mol. The summed E-state index contributed by atoms with van der Waals surface area (Å²) < 4.78 is 2.02. The maximum absolute atomic E-state index is 4.28. The molecule has 1 aromatic heterocycles. The third kappa shape index (κ3) is 3.49. The van der Waals surface area contributed by atoms with Crippen LogP contribution < -0.4 is 5.32 Å². The van der Waals surface area contributed by atoms with Crippen LogP contribution in [0.2, 0.25) is 0 Å². The second kappa shape index (κ2) is 6.48. The smallest absolute Gasteiger partial charge is 0.0609 e. The summed E-state index contributed by atoms with van der Waals surface area (Å²) in [6, 6.07) is 2.07. The minimum Gasteiger partial charge on any atom is -0.313 e. The largest absolute Gasteiger partial charge is 0.313 e. The van der Waals surface area contributed by atoms with Gasteiger partial charge in [0.15, 0.2) is 0 Å². The van der Waals surface area contributed by atoms with Crippen LogP contribution in [-0.2, 0) is 6.54 Å². The van der Waals surface area contributed by atoms with Gasteiger partial charge in [0.05, 0.1) is 5.69 Å². The van der Waals surface area contributed by atoms with Gasteiger partial charge in [0.2, 0.25) is 0 Å². The van der Waals surface area contributed by atoms with E-state index in [2.05, 4.69) is 50.3 Å². The molecule has 0 bridgehead atoms. The van der Waals surface area contributed by atoms with Crippen molar-refractivity contribution >= 4 is 6.08 Å². The summed E-state index contributed by atoms with van der Waals surface area (Å²) in [7, 11) is 0. The minimum absolute atomic E-state index is 0.569. The molecule has 0 spiro atoms. The van der Waals surface area contributed by atoms with Crippen molar-refractivity contribution in [2.75, 3.05) is 13.1 Å². The zero-order chi connectivity index (χ0) is 12.0. The maximum Gasteiger partial charge on any atom is 0.0609 e. The van der Waals surface area contributed by atoms with Gasteiger partial charge in [-0.25, -0.2) is 0 Å². The molecule has 0 unspecified atom stereocenters. The van der Waals surface area contributed by atoms with Gasteiger partial charge < -0.3 is 5.32 Å². The Balaban J connectivity index is 2.84. The molecule has 0 aliphatic heterocycles. The molecule has 1 aromatic rings. The highest BCUT2D eigenvalue weighted by atomic mass is 15.3. The number of nitrogens with one attached hydrogen (secondary N) is 1. The van der Waals surface area contributed by atoms with E-state index < -0.39 is 0 Å². The molecule has 1 N–H and O–H groups in total. The van der Waals surface area contributed by atoms with Crippen LogP contribution in [0.1, 0.15) is 33.4 Å². The minimum atomic E-state index is 0.569. The van der Waals surface area contributed by atoms with Crippen molar-refractivity contribution in [3.8, 4) is 0 Å². The molecule has 1 rings (SSSR count). The summed E-state index contributed by atoms with van der Waals surface area (Å²) in [6.07, 6.45) is 4.12. The molecule has 3 nitrogen and oxygen atoms in total. The number of hydrogen-bond acceptors (Lipinski definition) is 2. The van der Waals surface area contributed by atoms with Gasteiger partial charge in [-0.15, -0.1) is 0 Å². The maximum atomic E-state index is 4.28. The molecule has 0 fully saturated rings. The van der Waals surface area contributed by atoms with Crippen LogP contribution in [0.25, 0.3) is 6.08 Å². The van der Waals surface area contributed by atoms with Crippen LogP contribution in [0.4, 0.5) is 0 Å². The van der Waals surface area contributed by atoms with Gasteiger partial charge in [-0.1, -0.05) is 26.3 Å². The third-order valence-electron chi connectivity index (χ3n) is 2.70. The Bertz CT molecular complexity index is 337. The standard InChI is InChI=1S/C13H23N3/c1-5-14-10-12(11(3)4)9-13-7-8-15-16(13)6-2/h7-9,11,14H,5-6,10H2,1-4H3. The summed E-state index contributed by atoms with van der Waals surface area (Å²) in [5.41, 5.74) is 2.63. The van der Waals surface area contributed by atoms with Gasteiger partial charge in [-0.2, -0.15) is 5.10 Å². The van der Waals surface area contributed by atoms with Crippen molar-refractivity contribution in [1.82, 2.24) is 15.1 Å². The summed E-state index contributed by atoms with van der Waals surface area (Å²) in [4.78, 5) is 0. The van der Waals surface area contributed by atoms with Crippen molar-refractivity contribution in [1.29, 1.82) is 0 Å². The van der Waals surface area contributed by atoms with Gasteiger partial charge >= 0.3 is 0 Å². The Labute approximate surface area is 98.5 Å². The van der Waals surface area contributed by atoms with Crippen LogP contribution >= 0.6 is 0 Å². The topological polar surface area (TPSA) is 29.9 Å². The zero-order valence-electron chi connectivity index (χ0n) is 10.8. The first-order chi connectivity index (χ1) is 7.69. The summed E-state index contributed by atoms with van der Waals surface area (Å²) in [5, 5.41) is 7.66. The lowest BCUT2D eigenvalue weighted by molar-refractivity contribution is 0.648. The first-order valence-electron chi connectivity index (χ1n) is 6.12. The van der Waals surface area contributed by atoms with Gasteiger partial charge in [0.25, 0.3) is 0 Å². The average Bonchev–Trinajstić information content (AvgIpc) is 2.70. The second-order valence-corrected chi connectivity index (χ2v) is 4.23. The van der Waals surface area contributed by atoms with E-state index in [1.165, 1.54) is 11.3 Å². The van der Waals surface area contributed by atoms with E-state index in [9.17, 15) is 0 Å². The molecule has 0 saturated heterocycles. The van der Waals surface area contributed by atoms with Crippen LogP contribution in [0, 0.1) is 5.92 Å². The lowest BCUT2D eigenvalue weighted by Crippen LogP contribution is -2.18. The third-order valence-corrected chi connectivity index (χ3v) is 2.70. The lowest BCUT2D eigenvalue weighted by atomic mass is 10.0. The molecule has 90 valence electrons. The highest BCUT2D eigenvalue weighted by Crippen LogP contribution is 2.13. The lowest BCUT2D eigenvalue weighted by Gasteiger charge is -2.12. The van der Waals surface area contributed by atoms with Crippen LogP contribution in [0.3, 0.4) is 0 Å². The Kier molecular flexibility index (Phi) is 5.26. The van der Waals surface area contributed by atoms with E-state index in [-0.39, 0.29) is 0 Å². The molecular weight excluding hydrogens is 198 g/mol. The van der Waals surface area contributed by atoms with Crippen molar-refractivity contribution in [2.24, 2.45) is 5.92 Å². The summed E-state index contributed by atoms with van der Waals surface area (Å²) in [6.45, 7) is 11.6. The molecular formula is C13H23N3. The van der Waals surface area contributed by atoms with Gasteiger partial charge in [-0.3, -0.25) is 4.68 Å². The Morgan fingerprint density at radius 1 is 1.50 bits per heavy atom. The van der Waals surface area contributed by atoms with E-state index in [0.29, 0.717) is 5.92 Å². The van der Waals surface area contributed by atoms with Crippen molar-refractivity contribution in [3.63, 3.8) is 0 Å². The second-order valence-electron chi connectivity index (χ2n) is 4.23. The fraction of sp³-hybridized carbons (Fsp3) is 0.615. The molecule has 16 heavy (non-hydrogen) atoms. The van der Waals surface area contributed by atoms with E-state index in [4.69, 9.17) is 0 Å². The van der Waals surface area contributed by atoms with E-state index in [0.717, 1.165) is 19.6 Å². The molecule has 0 aromatic carbocycles. The number of rotatable bonds is 6. The highest BCUT2D eigenvalue weighted by molar-refractivity contribution is 5.50. The van der Waals surface area contributed by atoms with Crippen LogP contribution in [0.15, 0.2) is 17.8 Å². The molecule has 0 radical (unpaired) electrons. The first-order valence-corrected chi connectivity index (χ1v) is 6.12. The van der Waals surface area contributed by atoms with Crippen molar-refractivity contribution in [2.45, 2.75) is 34.2 Å². The fourth-order valence-corrected chi connectivity index (χ4v) is 1.61. The zero-order valence-corrected chi connectivity index (χ0v) is 10.8. The highest BCUT2D eigenvalue weighted by Gasteiger charge is 2.05. The van der Waals surface area contributed by atoms with Crippen LogP contribution in [0.5, 0.6) is 0 Å². The molecule has 0 saturated carbocycles. The molecule has 0 atom stereocenters. The molecule has 3 heteroatoms. The number of aromatic nitrogens is 2. The predicted octanol–water partition coefficient (Wildman–Crippen LogP) is 2.55. The normalized spacial score (nSPS) is 12.4. The number of likely N-dealkylation sites (N-methyl/N-ethyl adjacent to an activating group) is 1. The number of nitrogens with zero attached hydrogens (tertiary/aromatic N) is 2. The number of aryl methyl sites for hydroxylation is 1. The van der Waals surface area contributed by atoms with Gasteiger partial charge in [0, 0.05) is 19.3 Å². The monoisotopic (exact) mass is 221 g/mol. The van der Waals surface area contributed by atoms with Crippen molar-refractivity contribution in [3.05, 3.63) is 23.5 Å². The predicted molar refractivity (Wildman–Crippen MR) is 69.3 cm³/mol. The molecule has 1 heterocycles. The molecule has 0 amide bonds. The van der Waals surface area contributed by atoms with Crippen LogP contribution in [-0.4, -0.2) is 22.9 Å². The van der Waals surface area contributed by atoms with E-state index >= 15 is 0 Å². The number of hydrogen-bond donors (Lipinski definition) is 1. The van der Waals surface area contributed by atoms with Gasteiger partial charge in [-0.05, 0) is 31.5 Å². The Hall–Kier alpha value is -1.09. The fourth-order valence-electron chi connectivity index (χ4n) is 1.61.